The van der Waals surface area contributed by atoms with Crippen molar-refractivity contribution >= 4 is 17.5 Å². The molecule has 5 rings (SSSR count). The number of amides is 1. The van der Waals surface area contributed by atoms with Crippen LogP contribution in [0.1, 0.15) is 27.2 Å². The molecule has 4 aromatic rings. The number of allylic oxidation sites excluding steroid dienone is 1. The van der Waals surface area contributed by atoms with Gasteiger partial charge in [0.1, 0.15) is 0 Å². The van der Waals surface area contributed by atoms with Gasteiger partial charge in [-0.05, 0) is 41.5 Å². The fraction of sp³-hybridized carbons (Fsp3) is 0.176. The number of pyridine rings is 1. The third-order valence-corrected chi connectivity index (χ3v) is 7.86. The van der Waals surface area contributed by atoms with Crippen LogP contribution in [-0.4, -0.2) is 28.0 Å². The molecule has 0 aliphatic heterocycles. The van der Waals surface area contributed by atoms with Crippen molar-refractivity contribution in [3.8, 4) is 0 Å². The summed E-state index contributed by atoms with van der Waals surface area (Å²) in [5.74, 6) is -0.479. The molecule has 1 heterocycles. The number of rotatable bonds is 11. The fourth-order valence-corrected chi connectivity index (χ4v) is 5.27. The minimum absolute atomic E-state index is 0.0773. The summed E-state index contributed by atoms with van der Waals surface area (Å²) >= 11 is 6.79. The van der Waals surface area contributed by atoms with Gasteiger partial charge in [-0.25, -0.2) is 0 Å². The van der Waals surface area contributed by atoms with Gasteiger partial charge in [-0.15, -0.1) is 11.6 Å². The highest BCUT2D eigenvalue weighted by Crippen LogP contribution is 2.48. The standard InChI is InChI=1S/C34H31ClF3N5O/c35-33(34(36,37)38)29(40-21-24-12-4-1-5-13-24)20-28(43-32(44)26-16-8-3-9-17-26)30(41-23-27-18-10-11-19-39-27)31(33)42-22-25-14-6-2-7-15-25/h1-20,31,40-42H,21-23H2,(H,43,44). The van der Waals surface area contributed by atoms with Gasteiger partial charge in [-0.3, -0.25) is 9.78 Å². The molecule has 1 aliphatic rings. The maximum atomic E-state index is 15.3. The zero-order valence-corrected chi connectivity index (χ0v) is 24.4. The van der Waals surface area contributed by atoms with Crippen LogP contribution in [0.2, 0.25) is 0 Å². The minimum Gasteiger partial charge on any atom is -0.382 e. The second-order valence-corrected chi connectivity index (χ2v) is 10.8. The number of benzene rings is 3. The van der Waals surface area contributed by atoms with Gasteiger partial charge in [-0.2, -0.15) is 13.2 Å². The van der Waals surface area contributed by atoms with Crippen LogP contribution in [0.4, 0.5) is 13.2 Å². The van der Waals surface area contributed by atoms with Crippen molar-refractivity contribution in [1.82, 2.24) is 26.3 Å². The Morgan fingerprint density at radius 1 is 0.773 bits per heavy atom. The molecule has 2 atom stereocenters. The molecule has 4 N–H and O–H groups in total. The molecule has 6 nitrogen and oxygen atoms in total. The van der Waals surface area contributed by atoms with E-state index in [0.717, 1.165) is 11.1 Å². The quantitative estimate of drug-likeness (QED) is 0.151. The normalized spacial score (nSPS) is 18.4. The van der Waals surface area contributed by atoms with E-state index in [-0.39, 0.29) is 36.7 Å². The Kier molecular flexibility index (Phi) is 9.67. The van der Waals surface area contributed by atoms with Crippen LogP contribution < -0.4 is 21.3 Å². The lowest BCUT2D eigenvalue weighted by Crippen LogP contribution is -2.63. The molecule has 0 radical (unpaired) electrons. The van der Waals surface area contributed by atoms with Crippen LogP contribution in [0.3, 0.4) is 0 Å². The lowest BCUT2D eigenvalue weighted by molar-refractivity contribution is -0.159. The summed E-state index contributed by atoms with van der Waals surface area (Å²) < 4.78 is 45.8. The number of halogens is 4. The first kappa shape index (κ1) is 30.8. The molecular formula is C34H31ClF3N5O. The van der Waals surface area contributed by atoms with E-state index in [4.69, 9.17) is 11.6 Å². The van der Waals surface area contributed by atoms with Crippen LogP contribution in [0, 0.1) is 0 Å². The first-order valence-electron chi connectivity index (χ1n) is 14.0. The van der Waals surface area contributed by atoms with Gasteiger partial charge in [0.05, 0.1) is 29.7 Å². The molecule has 0 saturated heterocycles. The van der Waals surface area contributed by atoms with Gasteiger partial charge >= 0.3 is 6.18 Å². The molecular weight excluding hydrogens is 587 g/mol. The number of alkyl halides is 4. The Morgan fingerprint density at radius 2 is 1.36 bits per heavy atom. The number of hydrogen-bond acceptors (Lipinski definition) is 5. The summed E-state index contributed by atoms with van der Waals surface area (Å²) in [4.78, 5) is 14.7. The zero-order valence-electron chi connectivity index (χ0n) is 23.6. The fourth-order valence-electron chi connectivity index (χ4n) is 4.96. The first-order chi connectivity index (χ1) is 21.3. The van der Waals surface area contributed by atoms with Gasteiger partial charge < -0.3 is 21.3 Å². The van der Waals surface area contributed by atoms with E-state index in [9.17, 15) is 4.79 Å². The van der Waals surface area contributed by atoms with Gasteiger partial charge in [0.2, 0.25) is 0 Å². The molecule has 226 valence electrons. The largest absolute Gasteiger partial charge is 0.415 e. The van der Waals surface area contributed by atoms with Crippen molar-refractivity contribution in [2.24, 2.45) is 0 Å². The van der Waals surface area contributed by atoms with Crippen molar-refractivity contribution in [3.05, 3.63) is 161 Å². The maximum absolute atomic E-state index is 15.3. The SMILES string of the molecule is O=C(NC1=C(NCc2ccccn2)C(NCc2ccccc2)C(Cl)(C(F)(F)F)C(NCc2ccccc2)=C1)c1ccccc1. The summed E-state index contributed by atoms with van der Waals surface area (Å²) in [6.07, 6.45) is -2.04. The van der Waals surface area contributed by atoms with E-state index in [1.165, 1.54) is 6.08 Å². The number of hydrogen-bond donors (Lipinski definition) is 4. The number of carbonyl (C=O) groups excluding carboxylic acids is 1. The van der Waals surface area contributed by atoms with E-state index in [1.807, 2.05) is 36.4 Å². The van der Waals surface area contributed by atoms with Gasteiger partial charge in [0, 0.05) is 30.5 Å². The Balaban J connectivity index is 1.61. The molecule has 1 aromatic heterocycles. The van der Waals surface area contributed by atoms with Crippen molar-refractivity contribution in [1.29, 1.82) is 0 Å². The van der Waals surface area contributed by atoms with Crippen LogP contribution in [0.25, 0.3) is 0 Å². The maximum Gasteiger partial charge on any atom is 0.415 e. The van der Waals surface area contributed by atoms with Crippen molar-refractivity contribution < 1.29 is 18.0 Å². The molecule has 0 saturated carbocycles. The molecule has 0 spiro atoms. The zero-order chi connectivity index (χ0) is 31.0. The predicted molar refractivity (Wildman–Crippen MR) is 165 cm³/mol. The highest BCUT2D eigenvalue weighted by atomic mass is 35.5. The van der Waals surface area contributed by atoms with Crippen LogP contribution in [0.15, 0.2) is 139 Å². The smallest absolute Gasteiger partial charge is 0.382 e. The molecule has 10 heteroatoms. The summed E-state index contributed by atoms with van der Waals surface area (Å²) in [7, 11) is 0. The molecule has 3 aromatic carbocycles. The van der Waals surface area contributed by atoms with E-state index in [2.05, 4.69) is 26.3 Å². The molecule has 2 unspecified atom stereocenters. The summed E-state index contributed by atoms with van der Waals surface area (Å²) in [5.41, 5.74) is 2.41. The minimum atomic E-state index is -4.91. The Labute approximate surface area is 259 Å². The number of aromatic nitrogens is 1. The van der Waals surface area contributed by atoms with Gasteiger partial charge in [0.15, 0.2) is 4.87 Å². The molecule has 0 fully saturated rings. The molecule has 0 bridgehead atoms. The van der Waals surface area contributed by atoms with Crippen molar-refractivity contribution in [3.63, 3.8) is 0 Å². The highest BCUT2D eigenvalue weighted by Gasteiger charge is 2.63. The van der Waals surface area contributed by atoms with Crippen LogP contribution in [0.5, 0.6) is 0 Å². The molecule has 1 amide bonds. The van der Waals surface area contributed by atoms with E-state index in [1.54, 1.807) is 79.0 Å². The Hall–Kier alpha value is -4.60. The summed E-state index contributed by atoms with van der Waals surface area (Å²) in [6.45, 7) is 0.256. The second kappa shape index (κ2) is 13.8. The number of nitrogens with zero attached hydrogens (tertiary/aromatic N) is 1. The van der Waals surface area contributed by atoms with Crippen LogP contribution >= 0.6 is 11.6 Å². The summed E-state index contributed by atoms with van der Waals surface area (Å²) in [5, 5.41) is 12.0. The van der Waals surface area contributed by atoms with E-state index >= 15 is 13.2 Å². The average molecular weight is 618 g/mol. The Morgan fingerprint density at radius 3 is 1.95 bits per heavy atom. The average Bonchev–Trinajstić information content (AvgIpc) is 3.04. The highest BCUT2D eigenvalue weighted by molar-refractivity contribution is 6.27. The number of carbonyl (C=O) groups is 1. The predicted octanol–water partition coefficient (Wildman–Crippen LogP) is 6.20. The monoisotopic (exact) mass is 617 g/mol. The lowest BCUT2D eigenvalue weighted by Gasteiger charge is -2.44. The lowest BCUT2D eigenvalue weighted by atomic mass is 9.85. The van der Waals surface area contributed by atoms with Crippen molar-refractivity contribution in [2.45, 2.75) is 36.7 Å². The molecule has 44 heavy (non-hydrogen) atoms. The third kappa shape index (κ3) is 7.12. The van der Waals surface area contributed by atoms with Crippen molar-refractivity contribution in [2.75, 3.05) is 0 Å². The second-order valence-electron chi connectivity index (χ2n) is 10.2. The molecule has 1 aliphatic carbocycles. The Bertz CT molecular complexity index is 1600. The van der Waals surface area contributed by atoms with E-state index in [0.29, 0.717) is 11.3 Å². The first-order valence-corrected chi connectivity index (χ1v) is 14.4. The van der Waals surface area contributed by atoms with Crippen LogP contribution in [-0.2, 0) is 19.6 Å². The number of nitrogens with one attached hydrogen (secondary N) is 4. The topological polar surface area (TPSA) is 78.1 Å². The van der Waals surface area contributed by atoms with Gasteiger partial charge in [-0.1, -0.05) is 84.9 Å². The summed E-state index contributed by atoms with van der Waals surface area (Å²) in [6, 6.07) is 30.3. The van der Waals surface area contributed by atoms with Gasteiger partial charge in [0.25, 0.3) is 5.91 Å². The third-order valence-electron chi connectivity index (χ3n) is 7.22. The van der Waals surface area contributed by atoms with E-state index < -0.39 is 23.0 Å².